The molecule has 0 aromatic heterocycles. The Bertz CT molecular complexity index is 1190. The number of carboxylic acid groups (broad SMARTS) is 1. The molecule has 1 amide bonds. The molecule has 0 bridgehead atoms. The Hall–Kier alpha value is -3.11. The van der Waals surface area contributed by atoms with Crippen molar-refractivity contribution in [2.75, 3.05) is 4.90 Å². The first-order valence-electron chi connectivity index (χ1n) is 9.87. The Morgan fingerprint density at radius 2 is 1.80 bits per heavy atom. The number of rotatable bonds is 4. The molecule has 1 saturated carbocycles. The smallest absolute Gasteiger partial charge is 0.335 e. The largest absolute Gasteiger partial charge is 0.478 e. The van der Waals surface area contributed by atoms with Crippen molar-refractivity contribution in [3.63, 3.8) is 0 Å². The number of nitrogens with zero attached hydrogens (tertiary/aromatic N) is 1. The summed E-state index contributed by atoms with van der Waals surface area (Å²) in [5, 5.41) is 9.97. The zero-order chi connectivity index (χ0) is 21.1. The maximum atomic E-state index is 13.8. The molecule has 3 aromatic carbocycles. The molecule has 4 nitrogen and oxygen atoms in total. The number of amides is 1. The van der Waals surface area contributed by atoms with E-state index in [0.717, 1.165) is 28.8 Å². The van der Waals surface area contributed by atoms with E-state index >= 15 is 0 Å². The van der Waals surface area contributed by atoms with Gasteiger partial charge in [0.05, 0.1) is 17.5 Å². The van der Waals surface area contributed by atoms with Gasteiger partial charge < -0.3 is 10.0 Å². The van der Waals surface area contributed by atoms with Crippen molar-refractivity contribution in [3.05, 3.63) is 100 Å². The minimum Gasteiger partial charge on any atom is -0.478 e. The minimum absolute atomic E-state index is 0.0712. The van der Waals surface area contributed by atoms with Crippen molar-refractivity contribution in [1.82, 2.24) is 0 Å². The van der Waals surface area contributed by atoms with Crippen LogP contribution in [-0.4, -0.2) is 17.0 Å². The first kappa shape index (κ1) is 18.9. The first-order valence-corrected chi connectivity index (χ1v) is 10.2. The molecule has 3 aromatic rings. The van der Waals surface area contributed by atoms with Crippen LogP contribution in [-0.2, 0) is 22.2 Å². The molecular weight excluding hydrogens is 398 g/mol. The Balaban J connectivity index is 1.55. The normalized spacial score (nSPS) is 24.2. The second-order valence-corrected chi connectivity index (χ2v) is 8.77. The molecule has 0 unspecified atom stereocenters. The van der Waals surface area contributed by atoms with E-state index in [4.69, 9.17) is 11.6 Å². The standard InChI is InChI=1S/C25H20ClNO3/c1-24(18-9-11-19(26)12-10-18)15-25(24)20-7-2-3-8-21(20)27(23(25)30)14-16-5-4-6-17(13-16)22(28)29/h2-13H,14-15H2,1H3,(H,28,29)/t24-,25+/m0/s1. The van der Waals surface area contributed by atoms with Gasteiger partial charge in [0.2, 0.25) is 5.91 Å². The highest BCUT2D eigenvalue weighted by Gasteiger charge is 2.74. The lowest BCUT2D eigenvalue weighted by Crippen LogP contribution is -2.35. The molecule has 150 valence electrons. The highest BCUT2D eigenvalue weighted by atomic mass is 35.5. The average Bonchev–Trinajstić information content (AvgIpc) is 3.33. The highest BCUT2D eigenvalue weighted by Crippen LogP contribution is 2.70. The summed E-state index contributed by atoms with van der Waals surface area (Å²) < 4.78 is 0. The van der Waals surface area contributed by atoms with Crippen LogP contribution in [0.4, 0.5) is 5.69 Å². The van der Waals surface area contributed by atoms with Gasteiger partial charge in [-0.2, -0.15) is 0 Å². The number of aromatic carboxylic acids is 1. The first-order chi connectivity index (χ1) is 14.4. The summed E-state index contributed by atoms with van der Waals surface area (Å²) in [6.45, 7) is 2.48. The van der Waals surface area contributed by atoms with Crippen LogP contribution in [0, 0.1) is 0 Å². The summed E-state index contributed by atoms with van der Waals surface area (Å²) in [4.78, 5) is 27.0. The summed E-state index contributed by atoms with van der Waals surface area (Å²) in [6, 6.07) is 22.5. The molecule has 5 heteroatoms. The number of fused-ring (bicyclic) bond motifs is 2. The average molecular weight is 418 g/mol. The monoisotopic (exact) mass is 417 g/mol. The number of anilines is 1. The molecule has 1 heterocycles. The van der Waals surface area contributed by atoms with Crippen LogP contribution < -0.4 is 4.90 Å². The highest BCUT2D eigenvalue weighted by molar-refractivity contribution is 6.30. The third-order valence-electron chi connectivity index (χ3n) is 6.70. The Labute approximate surface area is 179 Å². The second kappa shape index (κ2) is 6.44. The molecule has 2 atom stereocenters. The fourth-order valence-corrected chi connectivity index (χ4v) is 5.15. The number of hydrogen-bond acceptors (Lipinski definition) is 2. The molecule has 1 N–H and O–H groups in total. The maximum absolute atomic E-state index is 13.8. The van der Waals surface area contributed by atoms with Gasteiger partial charge in [0.25, 0.3) is 0 Å². The van der Waals surface area contributed by atoms with Gasteiger partial charge >= 0.3 is 5.97 Å². The molecular formula is C25H20ClNO3. The van der Waals surface area contributed by atoms with E-state index in [1.807, 2.05) is 54.6 Å². The number of carboxylic acids is 1. The summed E-state index contributed by atoms with van der Waals surface area (Å²) in [7, 11) is 0. The van der Waals surface area contributed by atoms with E-state index in [-0.39, 0.29) is 16.9 Å². The van der Waals surface area contributed by atoms with Crippen LogP contribution in [0.25, 0.3) is 0 Å². The Kier molecular flexibility index (Phi) is 4.06. The number of benzene rings is 3. The van der Waals surface area contributed by atoms with Crippen molar-refractivity contribution in [2.24, 2.45) is 0 Å². The Morgan fingerprint density at radius 1 is 1.07 bits per heavy atom. The van der Waals surface area contributed by atoms with Crippen LogP contribution in [0.3, 0.4) is 0 Å². The second-order valence-electron chi connectivity index (χ2n) is 8.34. The van der Waals surface area contributed by atoms with Crippen molar-refractivity contribution in [3.8, 4) is 0 Å². The lowest BCUT2D eigenvalue weighted by molar-refractivity contribution is -0.120. The third-order valence-corrected chi connectivity index (χ3v) is 6.95. The minimum atomic E-state index is -0.973. The van der Waals surface area contributed by atoms with Gasteiger partial charge in [0.15, 0.2) is 0 Å². The van der Waals surface area contributed by atoms with E-state index in [0.29, 0.717) is 11.6 Å². The molecule has 0 radical (unpaired) electrons. The molecule has 1 fully saturated rings. The Morgan fingerprint density at radius 3 is 2.53 bits per heavy atom. The van der Waals surface area contributed by atoms with Crippen molar-refractivity contribution >= 4 is 29.2 Å². The van der Waals surface area contributed by atoms with E-state index < -0.39 is 11.4 Å². The zero-order valence-corrected chi connectivity index (χ0v) is 17.2. The predicted molar refractivity (Wildman–Crippen MR) is 116 cm³/mol. The quantitative estimate of drug-likeness (QED) is 0.636. The van der Waals surface area contributed by atoms with Gasteiger partial charge in [-0.1, -0.05) is 61.0 Å². The van der Waals surface area contributed by atoms with Gasteiger partial charge in [0.1, 0.15) is 0 Å². The van der Waals surface area contributed by atoms with Crippen molar-refractivity contribution in [2.45, 2.75) is 30.7 Å². The summed E-state index contributed by atoms with van der Waals surface area (Å²) >= 11 is 6.07. The molecule has 0 saturated heterocycles. The van der Waals surface area contributed by atoms with Crippen LogP contribution in [0.5, 0.6) is 0 Å². The van der Waals surface area contributed by atoms with Gasteiger partial charge in [-0.3, -0.25) is 4.79 Å². The molecule has 5 rings (SSSR count). The summed E-state index contributed by atoms with van der Waals surface area (Å²) in [5.74, 6) is -0.902. The number of para-hydroxylation sites is 1. The van der Waals surface area contributed by atoms with Gasteiger partial charge in [-0.15, -0.1) is 0 Å². The van der Waals surface area contributed by atoms with E-state index in [9.17, 15) is 14.7 Å². The van der Waals surface area contributed by atoms with Crippen LogP contribution in [0.2, 0.25) is 5.02 Å². The van der Waals surface area contributed by atoms with Crippen molar-refractivity contribution < 1.29 is 14.7 Å². The number of carbonyl (C=O) groups is 2. The maximum Gasteiger partial charge on any atom is 0.335 e. The molecule has 1 aliphatic heterocycles. The molecule has 2 aliphatic rings. The number of halogens is 1. The summed E-state index contributed by atoms with van der Waals surface area (Å²) in [6.07, 6.45) is 0.739. The third kappa shape index (κ3) is 2.53. The van der Waals surface area contributed by atoms with Crippen molar-refractivity contribution in [1.29, 1.82) is 0 Å². The molecule has 1 aliphatic carbocycles. The number of hydrogen-bond donors (Lipinski definition) is 1. The number of carbonyl (C=O) groups excluding carboxylic acids is 1. The predicted octanol–water partition coefficient (Wildman–Crippen LogP) is 5.18. The van der Waals surface area contributed by atoms with Crippen LogP contribution in [0.1, 0.15) is 40.4 Å². The molecule has 1 spiro atoms. The fourth-order valence-electron chi connectivity index (χ4n) is 5.02. The van der Waals surface area contributed by atoms with E-state index in [1.54, 1.807) is 23.1 Å². The lowest BCUT2D eigenvalue weighted by atomic mass is 9.83. The fraction of sp³-hybridized carbons (Fsp3) is 0.200. The van der Waals surface area contributed by atoms with Crippen LogP contribution >= 0.6 is 11.6 Å². The summed E-state index contributed by atoms with van der Waals surface area (Å²) in [5.41, 5.74) is 3.17. The molecule has 30 heavy (non-hydrogen) atoms. The topological polar surface area (TPSA) is 57.6 Å². The van der Waals surface area contributed by atoms with E-state index in [2.05, 4.69) is 6.92 Å². The van der Waals surface area contributed by atoms with E-state index in [1.165, 1.54) is 0 Å². The SMILES string of the molecule is C[C@@]1(c2ccc(Cl)cc2)C[C@@]12C(=O)N(Cc1cccc(C(=O)O)c1)c1ccccc12. The lowest BCUT2D eigenvalue weighted by Gasteiger charge is -2.21. The van der Waals surface area contributed by atoms with Gasteiger partial charge in [0, 0.05) is 16.1 Å². The van der Waals surface area contributed by atoms with Crippen LogP contribution in [0.15, 0.2) is 72.8 Å². The van der Waals surface area contributed by atoms with Gasteiger partial charge in [-0.05, 0) is 53.4 Å². The zero-order valence-electron chi connectivity index (χ0n) is 16.4. The van der Waals surface area contributed by atoms with Gasteiger partial charge in [-0.25, -0.2) is 4.79 Å².